The zero-order valence-corrected chi connectivity index (χ0v) is 27.1. The van der Waals surface area contributed by atoms with Crippen molar-refractivity contribution in [3.05, 3.63) is 131 Å². The molecule has 6 rings (SSSR count). The van der Waals surface area contributed by atoms with Crippen LogP contribution in [-0.2, 0) is 23.8 Å². The van der Waals surface area contributed by atoms with E-state index in [1.165, 1.54) is 36.4 Å². The first-order valence-corrected chi connectivity index (χ1v) is 15.9. The summed E-state index contributed by atoms with van der Waals surface area (Å²) in [5.41, 5.74) is 0.425. The molecule has 2 heterocycles. The number of phenolic OH excluding ortho intramolecular Hbond substituents is 3. The van der Waals surface area contributed by atoms with Crippen LogP contribution < -0.4 is 10.2 Å². The molecule has 1 aliphatic heterocycles. The second-order valence-corrected chi connectivity index (χ2v) is 11.6. The van der Waals surface area contributed by atoms with Gasteiger partial charge in [0.15, 0.2) is 18.0 Å². The molecule has 266 valence electrons. The van der Waals surface area contributed by atoms with E-state index in [-0.39, 0.29) is 28.0 Å². The highest BCUT2D eigenvalue weighted by molar-refractivity contribution is 5.89. The van der Waals surface area contributed by atoms with Crippen molar-refractivity contribution in [2.24, 2.45) is 0 Å². The summed E-state index contributed by atoms with van der Waals surface area (Å²) in [5, 5.41) is 52.7. The molecule has 52 heavy (non-hydrogen) atoms. The normalized spacial score (nSPS) is 20.2. The Morgan fingerprint density at radius 3 is 2.00 bits per heavy atom. The van der Waals surface area contributed by atoms with E-state index < -0.39 is 71.9 Å². The van der Waals surface area contributed by atoms with Gasteiger partial charge in [-0.05, 0) is 47.5 Å². The van der Waals surface area contributed by atoms with E-state index in [1.807, 2.05) is 6.07 Å². The molecule has 5 aromatic rings. The minimum atomic E-state index is -1.94. The lowest BCUT2D eigenvalue weighted by Gasteiger charge is -2.41. The summed E-state index contributed by atoms with van der Waals surface area (Å²) in [6.45, 7) is -0.600. The largest absolute Gasteiger partial charge is 0.508 e. The minimum absolute atomic E-state index is 0.105. The summed E-state index contributed by atoms with van der Waals surface area (Å²) in [6, 6.07) is 25.1. The Morgan fingerprint density at radius 1 is 0.750 bits per heavy atom. The number of benzene rings is 4. The van der Waals surface area contributed by atoms with Gasteiger partial charge in [0.2, 0.25) is 17.5 Å². The van der Waals surface area contributed by atoms with Crippen LogP contribution in [0.4, 0.5) is 0 Å². The van der Waals surface area contributed by atoms with Gasteiger partial charge >= 0.3 is 11.9 Å². The molecule has 5 N–H and O–H groups in total. The van der Waals surface area contributed by atoms with Crippen LogP contribution >= 0.6 is 0 Å². The van der Waals surface area contributed by atoms with Gasteiger partial charge in [-0.2, -0.15) is 0 Å². The first kappa shape index (κ1) is 35.4. The Morgan fingerprint density at radius 2 is 1.37 bits per heavy atom. The van der Waals surface area contributed by atoms with E-state index in [0.29, 0.717) is 5.56 Å². The van der Waals surface area contributed by atoms with Crippen LogP contribution in [0.5, 0.6) is 23.0 Å². The highest BCUT2D eigenvalue weighted by Gasteiger charge is 2.49. The Bertz CT molecular complexity index is 2160. The number of ether oxygens (including phenoxy) is 4. The summed E-state index contributed by atoms with van der Waals surface area (Å²) in [6.07, 6.45) is -3.54. The van der Waals surface area contributed by atoms with Gasteiger partial charge < -0.3 is 48.9 Å². The van der Waals surface area contributed by atoms with Gasteiger partial charge in [-0.3, -0.25) is 4.79 Å². The third kappa shape index (κ3) is 8.13. The fourth-order valence-corrected chi connectivity index (χ4v) is 5.41. The molecule has 0 spiro atoms. The van der Waals surface area contributed by atoms with Gasteiger partial charge in [-0.1, -0.05) is 60.7 Å². The Balaban J connectivity index is 1.33. The zero-order valence-electron chi connectivity index (χ0n) is 27.1. The molecule has 0 amide bonds. The number of fused-ring (bicyclic) bond motifs is 1. The Labute approximate surface area is 295 Å². The first-order chi connectivity index (χ1) is 25.1. The minimum Gasteiger partial charge on any atom is -0.508 e. The van der Waals surface area contributed by atoms with Gasteiger partial charge in [-0.15, -0.1) is 0 Å². The van der Waals surface area contributed by atoms with Gasteiger partial charge in [0, 0.05) is 29.8 Å². The van der Waals surface area contributed by atoms with Crippen molar-refractivity contribution in [3.8, 4) is 34.3 Å². The quantitative estimate of drug-likeness (QED) is 0.102. The van der Waals surface area contributed by atoms with E-state index in [2.05, 4.69) is 0 Å². The van der Waals surface area contributed by atoms with Crippen molar-refractivity contribution in [2.45, 2.75) is 30.7 Å². The molecule has 13 nitrogen and oxygen atoms in total. The summed E-state index contributed by atoms with van der Waals surface area (Å²) in [5.74, 6) is -3.74. The number of esters is 2. The van der Waals surface area contributed by atoms with E-state index in [0.717, 1.165) is 29.8 Å². The maximum Gasteiger partial charge on any atom is 0.331 e. The Kier molecular flexibility index (Phi) is 10.7. The zero-order chi connectivity index (χ0) is 36.8. The van der Waals surface area contributed by atoms with E-state index in [4.69, 9.17) is 23.4 Å². The molecule has 0 radical (unpaired) electrons. The second-order valence-electron chi connectivity index (χ2n) is 11.6. The lowest BCUT2D eigenvalue weighted by atomic mass is 9.98. The van der Waals surface area contributed by atoms with E-state index >= 15 is 0 Å². The number of carbonyl (C=O) groups is 2. The Hall–Kier alpha value is -6.41. The molecule has 5 atom stereocenters. The predicted octanol–water partition coefficient (Wildman–Crippen LogP) is 4.28. The fraction of sp³-hybridized carbons (Fsp3) is 0.154. The van der Waals surface area contributed by atoms with Crippen molar-refractivity contribution < 1.29 is 58.5 Å². The number of hydrogen-bond acceptors (Lipinski definition) is 13. The van der Waals surface area contributed by atoms with Crippen molar-refractivity contribution in [2.75, 3.05) is 6.61 Å². The van der Waals surface area contributed by atoms with Crippen LogP contribution in [0.1, 0.15) is 11.1 Å². The highest BCUT2D eigenvalue weighted by Crippen LogP contribution is 2.37. The third-order valence-electron chi connectivity index (χ3n) is 7.99. The highest BCUT2D eigenvalue weighted by atomic mass is 16.7. The third-order valence-corrected chi connectivity index (χ3v) is 7.99. The van der Waals surface area contributed by atoms with Crippen molar-refractivity contribution >= 4 is 35.1 Å². The molecule has 4 aromatic carbocycles. The van der Waals surface area contributed by atoms with Gasteiger partial charge in [-0.25, -0.2) is 9.59 Å². The fourth-order valence-electron chi connectivity index (χ4n) is 5.41. The smallest absolute Gasteiger partial charge is 0.331 e. The van der Waals surface area contributed by atoms with E-state index in [1.54, 1.807) is 54.6 Å². The SMILES string of the molecule is O=C(/C=C/c1ccccc1)OC[C@H]1O[C@H](Oc2c(-c3ccc(O)cc3)oc3cc(O)cc(O)c3c2=O)[C@H](O)[C@@H](OC(=O)/C=C/c2ccccc2)[C@@H]1O. The average Bonchev–Trinajstić information content (AvgIpc) is 3.14. The number of aliphatic hydroxyl groups excluding tert-OH is 2. The lowest BCUT2D eigenvalue weighted by molar-refractivity contribution is -0.281. The number of aliphatic hydroxyl groups is 2. The van der Waals surface area contributed by atoms with Gasteiger partial charge in [0.25, 0.3) is 0 Å². The van der Waals surface area contributed by atoms with Crippen LogP contribution in [0.2, 0.25) is 0 Å². The van der Waals surface area contributed by atoms with Gasteiger partial charge in [0.05, 0.1) is 0 Å². The van der Waals surface area contributed by atoms with Gasteiger partial charge in [0.1, 0.15) is 47.0 Å². The summed E-state index contributed by atoms with van der Waals surface area (Å²) in [4.78, 5) is 39.4. The number of carbonyl (C=O) groups excluding carboxylic acids is 2. The molecule has 1 fully saturated rings. The molecule has 0 unspecified atom stereocenters. The summed E-state index contributed by atoms with van der Waals surface area (Å²) < 4.78 is 28.5. The second kappa shape index (κ2) is 15.6. The van der Waals surface area contributed by atoms with Crippen LogP contribution in [-0.4, -0.2) is 74.8 Å². The lowest BCUT2D eigenvalue weighted by Crippen LogP contribution is -2.61. The molecule has 1 aliphatic rings. The van der Waals surface area contributed by atoms with Crippen LogP contribution in [0, 0.1) is 0 Å². The number of rotatable bonds is 10. The number of phenols is 3. The van der Waals surface area contributed by atoms with Crippen molar-refractivity contribution in [3.63, 3.8) is 0 Å². The van der Waals surface area contributed by atoms with Crippen LogP contribution in [0.3, 0.4) is 0 Å². The first-order valence-electron chi connectivity index (χ1n) is 15.9. The molecule has 0 saturated carbocycles. The molecule has 1 saturated heterocycles. The summed E-state index contributed by atoms with van der Waals surface area (Å²) >= 11 is 0. The molecule has 1 aromatic heterocycles. The predicted molar refractivity (Wildman–Crippen MR) is 186 cm³/mol. The number of aromatic hydroxyl groups is 3. The molecular weight excluding hydrogens is 676 g/mol. The number of hydrogen-bond donors (Lipinski definition) is 5. The van der Waals surface area contributed by atoms with Crippen molar-refractivity contribution in [1.29, 1.82) is 0 Å². The monoisotopic (exact) mass is 708 g/mol. The molecular formula is C39H32O13. The van der Waals surface area contributed by atoms with Crippen molar-refractivity contribution in [1.82, 2.24) is 0 Å². The van der Waals surface area contributed by atoms with E-state index in [9.17, 15) is 39.9 Å². The molecule has 0 bridgehead atoms. The average molecular weight is 709 g/mol. The van der Waals surface area contributed by atoms with Crippen LogP contribution in [0.15, 0.2) is 118 Å². The van der Waals surface area contributed by atoms with Crippen LogP contribution in [0.25, 0.3) is 34.4 Å². The molecule has 13 heteroatoms. The maximum atomic E-state index is 13.9. The topological polar surface area (TPSA) is 202 Å². The summed E-state index contributed by atoms with van der Waals surface area (Å²) in [7, 11) is 0. The molecule has 0 aliphatic carbocycles. The standard InChI is InChI=1S/C39H32O13/c40-25-15-13-24(14-16-25)36-38(34(46)32-27(42)19-26(41)20-28(32)49-36)52-39-35(47)37(51-31(44)18-12-23-9-5-2-6-10-23)33(45)29(50-39)21-48-30(43)17-11-22-7-3-1-4-8-22/h1-20,29,33,35,37,39-42,45,47H,21H2/b17-11+,18-12+/t29-,33-,35-,37+,39-/m1/s1. The maximum absolute atomic E-state index is 13.9.